The molecule has 0 bridgehead atoms. The number of benzene rings is 1. The minimum absolute atomic E-state index is 0.0545. The number of ether oxygens (including phenoxy) is 2. The van der Waals surface area contributed by atoms with Gasteiger partial charge in [0.15, 0.2) is 11.5 Å². The molecule has 0 aromatic heterocycles. The van der Waals surface area contributed by atoms with Crippen molar-refractivity contribution in [2.75, 3.05) is 38.2 Å². The van der Waals surface area contributed by atoms with Crippen LogP contribution >= 0.6 is 0 Å². The highest BCUT2D eigenvalue weighted by atomic mass is 19.4. The van der Waals surface area contributed by atoms with Crippen LogP contribution in [0.2, 0.25) is 0 Å². The van der Waals surface area contributed by atoms with Crippen molar-refractivity contribution in [3.8, 4) is 11.5 Å². The minimum Gasteiger partial charge on any atom is -0.486 e. The molecule has 1 amide bonds. The molecule has 1 atom stereocenters. The van der Waals surface area contributed by atoms with Crippen molar-refractivity contribution in [2.24, 2.45) is 5.92 Å². The van der Waals surface area contributed by atoms with Crippen LogP contribution in [0.3, 0.4) is 0 Å². The van der Waals surface area contributed by atoms with E-state index in [4.69, 9.17) is 9.47 Å². The van der Waals surface area contributed by atoms with Gasteiger partial charge in [0, 0.05) is 18.3 Å². The second-order valence-corrected chi connectivity index (χ2v) is 6.02. The molecule has 1 fully saturated rings. The summed E-state index contributed by atoms with van der Waals surface area (Å²) in [4.78, 5) is 13.6. The number of hydrogen-bond donors (Lipinski definition) is 1. The highest BCUT2D eigenvalue weighted by Gasteiger charge is 2.41. The fourth-order valence-electron chi connectivity index (χ4n) is 2.99. The summed E-state index contributed by atoms with van der Waals surface area (Å²) in [7, 11) is 0. The fraction of sp³-hybridized carbons (Fsp3) is 0.562. The molecular weight excluding hydrogens is 325 g/mol. The van der Waals surface area contributed by atoms with Crippen molar-refractivity contribution in [1.29, 1.82) is 0 Å². The Bertz CT molecular complexity index is 607. The maximum atomic E-state index is 12.8. The smallest absolute Gasteiger partial charge is 0.393 e. The summed E-state index contributed by atoms with van der Waals surface area (Å²) in [5, 5.41) is 2.70. The van der Waals surface area contributed by atoms with E-state index in [-0.39, 0.29) is 25.4 Å². The summed E-state index contributed by atoms with van der Waals surface area (Å²) in [6, 6.07) is 5.03. The lowest BCUT2D eigenvalue weighted by Gasteiger charge is -2.33. The van der Waals surface area contributed by atoms with Crippen LogP contribution in [0, 0.1) is 5.92 Å². The number of amides is 1. The van der Waals surface area contributed by atoms with Gasteiger partial charge in [0.05, 0.1) is 12.5 Å². The van der Waals surface area contributed by atoms with Crippen LogP contribution in [-0.4, -0.2) is 49.8 Å². The van der Waals surface area contributed by atoms with E-state index in [0.29, 0.717) is 43.4 Å². The van der Waals surface area contributed by atoms with Crippen LogP contribution < -0.4 is 14.8 Å². The zero-order valence-electron chi connectivity index (χ0n) is 13.1. The van der Waals surface area contributed by atoms with E-state index in [1.807, 2.05) is 0 Å². The molecule has 0 aliphatic carbocycles. The average molecular weight is 344 g/mol. The topological polar surface area (TPSA) is 50.8 Å². The summed E-state index contributed by atoms with van der Waals surface area (Å²) in [5.41, 5.74) is 0.536. The van der Waals surface area contributed by atoms with Crippen LogP contribution in [0.5, 0.6) is 11.5 Å². The Hall–Kier alpha value is -1.96. The van der Waals surface area contributed by atoms with E-state index >= 15 is 0 Å². The first-order valence-electron chi connectivity index (χ1n) is 7.90. The molecule has 5 nitrogen and oxygen atoms in total. The highest BCUT2D eigenvalue weighted by Crippen LogP contribution is 2.34. The number of anilines is 1. The summed E-state index contributed by atoms with van der Waals surface area (Å²) < 4.78 is 49.3. The van der Waals surface area contributed by atoms with Gasteiger partial charge in [-0.3, -0.25) is 9.69 Å². The van der Waals surface area contributed by atoms with Gasteiger partial charge in [0.1, 0.15) is 13.2 Å². The summed E-state index contributed by atoms with van der Waals surface area (Å²) in [6.07, 6.45) is -3.63. The first kappa shape index (κ1) is 16.9. The Balaban J connectivity index is 1.56. The van der Waals surface area contributed by atoms with Gasteiger partial charge in [0.25, 0.3) is 0 Å². The normalized spacial score (nSPS) is 21.4. The van der Waals surface area contributed by atoms with Crippen LogP contribution in [-0.2, 0) is 4.79 Å². The van der Waals surface area contributed by atoms with E-state index in [1.165, 1.54) is 0 Å². The Morgan fingerprint density at radius 2 is 2.00 bits per heavy atom. The minimum atomic E-state index is -4.20. The molecule has 1 aromatic carbocycles. The largest absolute Gasteiger partial charge is 0.486 e. The molecule has 0 saturated carbocycles. The molecule has 132 valence electrons. The Morgan fingerprint density at radius 1 is 1.25 bits per heavy atom. The Labute approximate surface area is 137 Å². The number of hydrogen-bond acceptors (Lipinski definition) is 4. The van der Waals surface area contributed by atoms with Gasteiger partial charge in [0.2, 0.25) is 5.91 Å². The standard InChI is InChI=1S/C16H19F3N2O3/c17-16(18,19)11-2-1-5-21(9-11)10-15(22)20-12-3-4-13-14(8-12)24-7-6-23-13/h3-4,8,11H,1-2,5-7,9-10H2,(H,20,22). The Kier molecular flexibility index (Phi) is 4.84. The first-order chi connectivity index (χ1) is 11.4. The molecule has 1 saturated heterocycles. The average Bonchev–Trinajstić information content (AvgIpc) is 2.54. The van der Waals surface area contributed by atoms with Crippen LogP contribution in [0.1, 0.15) is 12.8 Å². The number of carbonyl (C=O) groups is 1. The molecule has 1 unspecified atom stereocenters. The van der Waals surface area contributed by atoms with Gasteiger partial charge in [-0.2, -0.15) is 13.2 Å². The van der Waals surface area contributed by atoms with Crippen LogP contribution in [0.25, 0.3) is 0 Å². The summed E-state index contributed by atoms with van der Waals surface area (Å²) in [5.74, 6) is -0.527. The molecule has 2 heterocycles. The van der Waals surface area contributed by atoms with Crippen molar-refractivity contribution in [3.05, 3.63) is 18.2 Å². The van der Waals surface area contributed by atoms with E-state index in [2.05, 4.69) is 5.32 Å². The zero-order chi connectivity index (χ0) is 17.2. The number of likely N-dealkylation sites (tertiary alicyclic amines) is 1. The number of fused-ring (bicyclic) bond motifs is 1. The molecule has 0 spiro atoms. The predicted molar refractivity (Wildman–Crippen MR) is 81.3 cm³/mol. The van der Waals surface area contributed by atoms with E-state index < -0.39 is 12.1 Å². The quantitative estimate of drug-likeness (QED) is 0.916. The second-order valence-electron chi connectivity index (χ2n) is 6.02. The molecule has 3 rings (SSSR count). The lowest BCUT2D eigenvalue weighted by Crippen LogP contribution is -2.44. The number of halogens is 3. The van der Waals surface area contributed by atoms with Crippen molar-refractivity contribution >= 4 is 11.6 Å². The van der Waals surface area contributed by atoms with Crippen LogP contribution in [0.15, 0.2) is 18.2 Å². The van der Waals surface area contributed by atoms with Crippen molar-refractivity contribution < 1.29 is 27.4 Å². The predicted octanol–water partition coefficient (Wildman–Crippen LogP) is 2.67. The van der Waals surface area contributed by atoms with Crippen molar-refractivity contribution in [3.63, 3.8) is 0 Å². The van der Waals surface area contributed by atoms with Gasteiger partial charge >= 0.3 is 6.18 Å². The molecular formula is C16H19F3N2O3. The number of nitrogens with one attached hydrogen (secondary N) is 1. The first-order valence-corrected chi connectivity index (χ1v) is 7.90. The monoisotopic (exact) mass is 344 g/mol. The molecule has 0 radical (unpaired) electrons. The molecule has 8 heteroatoms. The Morgan fingerprint density at radius 3 is 2.75 bits per heavy atom. The van der Waals surface area contributed by atoms with E-state index in [1.54, 1.807) is 23.1 Å². The summed E-state index contributed by atoms with van der Waals surface area (Å²) in [6.45, 7) is 1.24. The maximum Gasteiger partial charge on any atom is 0.393 e. The fourth-order valence-corrected chi connectivity index (χ4v) is 2.99. The lowest BCUT2D eigenvalue weighted by atomic mass is 9.97. The zero-order valence-corrected chi connectivity index (χ0v) is 13.1. The van der Waals surface area contributed by atoms with Gasteiger partial charge in [-0.25, -0.2) is 0 Å². The van der Waals surface area contributed by atoms with Gasteiger partial charge in [-0.05, 0) is 31.5 Å². The lowest BCUT2D eigenvalue weighted by molar-refractivity contribution is -0.186. The molecule has 1 aromatic rings. The third-order valence-electron chi connectivity index (χ3n) is 4.16. The van der Waals surface area contributed by atoms with Crippen molar-refractivity contribution in [1.82, 2.24) is 4.90 Å². The number of nitrogens with zero attached hydrogens (tertiary/aromatic N) is 1. The van der Waals surface area contributed by atoms with Gasteiger partial charge in [-0.1, -0.05) is 0 Å². The van der Waals surface area contributed by atoms with E-state index in [9.17, 15) is 18.0 Å². The number of carbonyl (C=O) groups excluding carboxylic acids is 1. The molecule has 2 aliphatic rings. The SMILES string of the molecule is O=C(CN1CCCC(C(F)(F)F)C1)Nc1ccc2c(c1)OCCO2. The summed E-state index contributed by atoms with van der Waals surface area (Å²) >= 11 is 0. The third-order valence-corrected chi connectivity index (χ3v) is 4.16. The highest BCUT2D eigenvalue weighted by molar-refractivity contribution is 5.92. The molecule has 1 N–H and O–H groups in total. The van der Waals surface area contributed by atoms with Gasteiger partial charge < -0.3 is 14.8 Å². The maximum absolute atomic E-state index is 12.8. The van der Waals surface area contributed by atoms with Crippen LogP contribution in [0.4, 0.5) is 18.9 Å². The third kappa shape index (κ3) is 4.11. The molecule has 2 aliphatic heterocycles. The number of piperidine rings is 1. The molecule has 24 heavy (non-hydrogen) atoms. The number of alkyl halides is 3. The van der Waals surface area contributed by atoms with E-state index in [0.717, 1.165) is 0 Å². The second kappa shape index (κ2) is 6.88. The van der Waals surface area contributed by atoms with Gasteiger partial charge in [-0.15, -0.1) is 0 Å². The van der Waals surface area contributed by atoms with Crippen molar-refractivity contribution in [2.45, 2.75) is 19.0 Å². The number of rotatable bonds is 3.